The Morgan fingerprint density at radius 3 is 0.792 bits per heavy atom. The molecule has 0 N–H and O–H groups in total. The molecule has 0 spiro atoms. The molecule has 0 aromatic carbocycles. The highest BCUT2D eigenvalue weighted by molar-refractivity contribution is 7.25. The third-order valence-electron chi connectivity index (χ3n) is 3.61. The van der Waals surface area contributed by atoms with Crippen LogP contribution in [0.2, 0.25) is 0 Å². The molecule has 1 heterocycles. The summed E-state index contributed by atoms with van der Waals surface area (Å²) in [6.07, 6.45) is -0.945. The lowest BCUT2D eigenvalue weighted by Crippen LogP contribution is -2.75. The van der Waals surface area contributed by atoms with Gasteiger partial charge in [-0.1, -0.05) is 62.3 Å². The van der Waals surface area contributed by atoms with Gasteiger partial charge < -0.3 is 14.2 Å². The van der Waals surface area contributed by atoms with Crippen molar-refractivity contribution in [2.75, 3.05) is 19.6 Å². The maximum atomic E-state index is 6.84. The first-order valence-corrected chi connectivity index (χ1v) is 10.0. The van der Waals surface area contributed by atoms with E-state index in [9.17, 15) is 0 Å². The first-order chi connectivity index (χ1) is 10.5. The van der Waals surface area contributed by atoms with Crippen molar-refractivity contribution in [1.29, 1.82) is 0 Å². The molecule has 1 saturated heterocycles. The molecule has 0 atom stereocenters. The molecule has 0 aromatic rings. The van der Waals surface area contributed by atoms with Crippen LogP contribution in [0.25, 0.3) is 0 Å². The van der Waals surface area contributed by atoms with E-state index in [1.165, 1.54) is 0 Å². The lowest BCUT2D eigenvalue weighted by atomic mass is 9.67. The number of hydrogen-bond donors (Lipinski definition) is 0. The monoisotopic (exact) mass is 393 g/mol. The van der Waals surface area contributed by atoms with Crippen molar-refractivity contribution in [3.05, 3.63) is 0 Å². The van der Waals surface area contributed by atoms with Crippen LogP contribution in [0.15, 0.2) is 0 Å². The average molecular weight is 394 g/mol. The Labute approximate surface area is 165 Å². The molecule has 0 amide bonds. The zero-order valence-corrected chi connectivity index (χ0v) is 19.1. The fraction of sp³-hybridized carbons (Fsp3) is 1.00. The fourth-order valence-corrected chi connectivity index (χ4v) is 4.20. The smallest absolute Gasteiger partial charge is 0.328 e. The molecule has 1 rings (SSSR count). The molecule has 1 aliphatic rings. The van der Waals surface area contributed by atoms with E-state index in [1.807, 2.05) is 0 Å². The molecule has 1 aliphatic heterocycles. The van der Waals surface area contributed by atoms with Crippen molar-refractivity contribution in [3.8, 4) is 0 Å². The van der Waals surface area contributed by atoms with Gasteiger partial charge in [0.2, 0.25) is 0 Å². The van der Waals surface area contributed by atoms with Gasteiger partial charge in [-0.25, -0.2) is 0 Å². The second-order valence-electron chi connectivity index (χ2n) is 10.6. The zero-order valence-electron chi connectivity index (χ0n) is 16.8. The molecule has 0 aliphatic carbocycles. The lowest BCUT2D eigenvalue weighted by Gasteiger charge is -2.51. The van der Waals surface area contributed by atoms with Crippen molar-refractivity contribution in [2.24, 2.45) is 16.2 Å². The maximum Gasteiger partial charge on any atom is 0.401 e. The molecule has 138 valence electrons. The summed E-state index contributed by atoms with van der Waals surface area (Å²) in [5.41, 5.74) is 0.292. The zero-order chi connectivity index (χ0) is 19.1. The van der Waals surface area contributed by atoms with Crippen molar-refractivity contribution < 1.29 is 0 Å². The van der Waals surface area contributed by atoms with E-state index in [4.69, 9.17) is 34.4 Å². The summed E-state index contributed by atoms with van der Waals surface area (Å²) in [5.74, 6) is 0. The van der Waals surface area contributed by atoms with Crippen LogP contribution in [0.3, 0.4) is 0 Å². The Kier molecular flexibility index (Phi) is 7.57. The van der Waals surface area contributed by atoms with Crippen LogP contribution in [0, 0.1) is 16.2 Å². The van der Waals surface area contributed by atoms with E-state index in [0.29, 0.717) is 0 Å². The Hall–Kier alpha value is 0.945. The first kappa shape index (κ1) is 23.0. The average Bonchev–Trinajstić information content (AvgIpc) is 2.32. The van der Waals surface area contributed by atoms with Crippen LogP contribution in [-0.2, 0) is 0 Å². The van der Waals surface area contributed by atoms with Gasteiger partial charge in [0.15, 0.2) is 0 Å². The Balaban J connectivity index is 3.16. The summed E-state index contributed by atoms with van der Waals surface area (Å²) in [7, 11) is 0. The van der Waals surface area contributed by atoms with Crippen LogP contribution in [0.5, 0.6) is 0 Å². The molecule has 0 saturated carbocycles. The summed E-state index contributed by atoms with van der Waals surface area (Å²) >= 11 is 20.5. The molecule has 0 aromatic heterocycles. The van der Waals surface area contributed by atoms with Gasteiger partial charge in [-0.3, -0.25) is 0 Å². The third kappa shape index (κ3) is 6.93. The highest BCUT2D eigenvalue weighted by Gasteiger charge is 2.53. The molecule has 0 bridgehead atoms. The van der Waals surface area contributed by atoms with Crippen LogP contribution >= 0.6 is 34.4 Å². The molecular weight excluding hydrogens is 361 g/mol. The molecule has 24 heavy (non-hydrogen) atoms. The minimum atomic E-state index is -0.315. The Bertz CT molecular complexity index is 347. The minimum Gasteiger partial charge on any atom is -0.328 e. The predicted molar refractivity (Wildman–Crippen MR) is 113 cm³/mol. The van der Waals surface area contributed by atoms with Gasteiger partial charge in [-0.15, -0.1) is 0 Å². The molecule has 1 fully saturated rings. The predicted octanol–water partition coefficient (Wildman–Crippen LogP) is 4.72. The maximum absolute atomic E-state index is 6.84. The van der Waals surface area contributed by atoms with Gasteiger partial charge in [0, 0.05) is 0 Å². The molecule has 0 unspecified atom stereocenters. The highest BCUT2D eigenvalue weighted by atomic mass is 35.5. The van der Waals surface area contributed by atoms with Crippen molar-refractivity contribution in [2.45, 2.75) is 62.3 Å². The minimum absolute atomic E-state index is 0.0975. The highest BCUT2D eigenvalue weighted by Crippen LogP contribution is 2.33. The summed E-state index contributed by atoms with van der Waals surface area (Å²) in [4.78, 5) is 0. The Morgan fingerprint density at radius 2 is 0.667 bits per heavy atom. The van der Waals surface area contributed by atoms with Crippen LogP contribution in [0.4, 0.5) is 0 Å². The standard InChI is InChI=1S/C15H33B3Cl3N3/c1-13(2,3)10-22-16(19)23(11-14(4,5)6)18(21)24(17(22)20)12-15(7,8)9/h10-12H2,1-9H3. The quantitative estimate of drug-likeness (QED) is 0.642. The molecular formula is C15H33B3Cl3N3. The van der Waals surface area contributed by atoms with E-state index in [1.54, 1.807) is 0 Å². The van der Waals surface area contributed by atoms with Gasteiger partial charge in [-0.05, 0) is 35.9 Å². The van der Waals surface area contributed by atoms with Crippen LogP contribution < -0.4 is 0 Å². The van der Waals surface area contributed by atoms with Gasteiger partial charge in [-0.2, -0.15) is 34.4 Å². The van der Waals surface area contributed by atoms with Gasteiger partial charge in [0.25, 0.3) is 0 Å². The van der Waals surface area contributed by atoms with E-state index in [2.05, 4.69) is 76.5 Å². The van der Waals surface area contributed by atoms with Crippen LogP contribution in [0.1, 0.15) is 62.3 Å². The summed E-state index contributed by atoms with van der Waals surface area (Å²) in [6, 6.07) is 0. The Morgan fingerprint density at radius 1 is 0.500 bits per heavy atom. The first-order valence-electron chi connectivity index (χ1n) is 8.71. The number of nitrogens with zero attached hydrogens (tertiary/aromatic N) is 3. The van der Waals surface area contributed by atoms with Gasteiger partial charge in [0.05, 0.1) is 0 Å². The molecule has 9 heteroatoms. The van der Waals surface area contributed by atoms with Gasteiger partial charge in [0.1, 0.15) is 0 Å². The number of halogens is 3. The number of rotatable bonds is 3. The van der Waals surface area contributed by atoms with E-state index >= 15 is 0 Å². The van der Waals surface area contributed by atoms with Crippen LogP contribution in [-0.4, -0.2) is 53.0 Å². The summed E-state index contributed by atoms with van der Waals surface area (Å²) in [6.45, 7) is 22.2. The molecule has 3 nitrogen and oxygen atoms in total. The SMILES string of the molecule is CC(C)(C)CN1B(Cl)N(CC(C)(C)C)B(Cl)N(CC(C)(C)C)B1Cl. The second-order valence-corrected chi connectivity index (χ2v) is 11.8. The topological polar surface area (TPSA) is 9.72 Å². The lowest BCUT2D eigenvalue weighted by molar-refractivity contribution is 0.278. The van der Waals surface area contributed by atoms with Gasteiger partial charge >= 0.3 is 19.2 Å². The van der Waals surface area contributed by atoms with E-state index in [0.717, 1.165) is 19.6 Å². The largest absolute Gasteiger partial charge is 0.401 e. The van der Waals surface area contributed by atoms with E-state index in [-0.39, 0.29) is 35.4 Å². The van der Waals surface area contributed by atoms with Crippen molar-refractivity contribution in [3.63, 3.8) is 0 Å². The number of hydrogen-bond acceptors (Lipinski definition) is 3. The molecule has 0 radical (unpaired) electrons. The van der Waals surface area contributed by atoms with E-state index < -0.39 is 0 Å². The van der Waals surface area contributed by atoms with Crippen molar-refractivity contribution in [1.82, 2.24) is 14.2 Å². The normalized spacial score (nSPS) is 20.2. The summed E-state index contributed by atoms with van der Waals surface area (Å²) < 4.78 is 6.46. The van der Waals surface area contributed by atoms with Crippen molar-refractivity contribution >= 4 is 53.6 Å². The second kappa shape index (κ2) is 7.90. The summed E-state index contributed by atoms with van der Waals surface area (Å²) in [5, 5.41) is 0. The third-order valence-corrected chi connectivity index (χ3v) is 5.12. The fourth-order valence-electron chi connectivity index (χ4n) is 2.97.